The normalized spacial score (nSPS) is 10.3. The molecule has 0 bridgehead atoms. The second kappa shape index (κ2) is 6.32. The molecule has 0 aliphatic rings. The zero-order chi connectivity index (χ0) is 16.2. The number of hydrogen-bond donors (Lipinski definition) is 1. The molecule has 116 valence electrons. The van der Waals surface area contributed by atoms with Gasteiger partial charge < -0.3 is 4.74 Å². The van der Waals surface area contributed by atoms with E-state index in [1.54, 1.807) is 24.3 Å². The van der Waals surface area contributed by atoms with Crippen molar-refractivity contribution in [3.05, 3.63) is 47.2 Å². The number of ether oxygens (including phenoxy) is 1. The Kier molecular flexibility index (Phi) is 4.06. The lowest BCUT2D eigenvalue weighted by Crippen LogP contribution is -2.12. The van der Waals surface area contributed by atoms with Gasteiger partial charge in [0.05, 0.1) is 19.0 Å². The molecule has 2 aromatic heterocycles. The number of anilines is 1. The molecule has 3 rings (SSSR count). The number of carbonyl (C=O) groups is 2. The monoisotopic (exact) mass is 330 g/mol. The van der Waals surface area contributed by atoms with Gasteiger partial charge in [0.1, 0.15) is 11.2 Å². The van der Waals surface area contributed by atoms with Crippen molar-refractivity contribution < 1.29 is 14.3 Å². The standard InChI is InChI=1S/C13H10N6O3S/c1-22-12(21)10-6-14-13(23-10)16-11(20)8-3-2-4-9(5-8)19-7-15-17-18-19/h2-7H,1H3,(H,14,16,20). The number of methoxy groups -OCH3 is 1. The smallest absolute Gasteiger partial charge is 0.349 e. The maximum absolute atomic E-state index is 12.3. The Balaban J connectivity index is 1.77. The lowest BCUT2D eigenvalue weighted by Gasteiger charge is -2.04. The predicted molar refractivity (Wildman–Crippen MR) is 80.6 cm³/mol. The van der Waals surface area contributed by atoms with Gasteiger partial charge in [0.25, 0.3) is 5.91 Å². The highest BCUT2D eigenvalue weighted by molar-refractivity contribution is 7.17. The molecule has 2 heterocycles. The number of nitrogens with zero attached hydrogens (tertiary/aromatic N) is 5. The Morgan fingerprint density at radius 2 is 2.22 bits per heavy atom. The number of esters is 1. The molecule has 0 aliphatic carbocycles. The summed E-state index contributed by atoms with van der Waals surface area (Å²) in [6, 6.07) is 6.78. The Hall–Kier alpha value is -3.14. The summed E-state index contributed by atoms with van der Waals surface area (Å²) in [6.07, 6.45) is 2.78. The molecule has 0 unspecified atom stereocenters. The Morgan fingerprint density at radius 3 is 2.96 bits per heavy atom. The van der Waals surface area contributed by atoms with Crippen molar-refractivity contribution in [1.29, 1.82) is 0 Å². The summed E-state index contributed by atoms with van der Waals surface area (Å²) in [5, 5.41) is 13.8. The van der Waals surface area contributed by atoms with E-state index in [9.17, 15) is 9.59 Å². The Morgan fingerprint density at radius 1 is 1.35 bits per heavy atom. The highest BCUT2D eigenvalue weighted by atomic mass is 32.1. The third kappa shape index (κ3) is 3.21. The van der Waals surface area contributed by atoms with Crippen LogP contribution in [-0.4, -0.2) is 44.2 Å². The lowest BCUT2D eigenvalue weighted by atomic mass is 10.2. The molecule has 0 aliphatic heterocycles. The van der Waals surface area contributed by atoms with Gasteiger partial charge in [0.15, 0.2) is 5.13 Å². The van der Waals surface area contributed by atoms with Crippen LogP contribution in [0.4, 0.5) is 5.13 Å². The molecule has 0 saturated carbocycles. The lowest BCUT2D eigenvalue weighted by molar-refractivity contribution is 0.0606. The van der Waals surface area contributed by atoms with Gasteiger partial charge in [0.2, 0.25) is 0 Å². The topological polar surface area (TPSA) is 112 Å². The number of carbonyl (C=O) groups excluding carboxylic acids is 2. The molecular weight excluding hydrogens is 320 g/mol. The van der Waals surface area contributed by atoms with Crippen molar-refractivity contribution in [2.24, 2.45) is 0 Å². The molecule has 23 heavy (non-hydrogen) atoms. The Bertz CT molecular complexity index is 845. The quantitative estimate of drug-likeness (QED) is 0.714. The summed E-state index contributed by atoms with van der Waals surface area (Å²) in [4.78, 5) is 27.9. The molecule has 3 aromatic rings. The minimum Gasteiger partial charge on any atom is -0.465 e. The van der Waals surface area contributed by atoms with Crippen LogP contribution in [0.1, 0.15) is 20.0 Å². The average molecular weight is 330 g/mol. The van der Waals surface area contributed by atoms with Crippen molar-refractivity contribution in [3.63, 3.8) is 0 Å². The van der Waals surface area contributed by atoms with Crippen LogP contribution < -0.4 is 5.32 Å². The average Bonchev–Trinajstić information content (AvgIpc) is 3.26. The largest absolute Gasteiger partial charge is 0.465 e. The molecule has 1 N–H and O–H groups in total. The van der Waals surface area contributed by atoms with Gasteiger partial charge in [-0.15, -0.1) is 5.10 Å². The predicted octanol–water partition coefficient (Wildman–Crippen LogP) is 1.16. The minimum atomic E-state index is -0.497. The first kappa shape index (κ1) is 14.8. The second-order valence-electron chi connectivity index (χ2n) is 4.28. The van der Waals surface area contributed by atoms with Gasteiger partial charge in [-0.2, -0.15) is 0 Å². The van der Waals surface area contributed by atoms with Crippen molar-refractivity contribution in [3.8, 4) is 5.69 Å². The molecule has 1 aromatic carbocycles. The van der Waals surface area contributed by atoms with Crippen LogP contribution in [0.25, 0.3) is 5.69 Å². The minimum absolute atomic E-state index is 0.309. The van der Waals surface area contributed by atoms with Crippen molar-refractivity contribution in [2.75, 3.05) is 12.4 Å². The fourth-order valence-electron chi connectivity index (χ4n) is 1.77. The van der Waals surface area contributed by atoms with Gasteiger partial charge in [-0.3, -0.25) is 10.1 Å². The first-order valence-electron chi connectivity index (χ1n) is 6.36. The van der Waals surface area contributed by atoms with Crippen molar-refractivity contribution >= 4 is 28.3 Å². The number of benzene rings is 1. The van der Waals surface area contributed by atoms with E-state index < -0.39 is 5.97 Å². The highest BCUT2D eigenvalue weighted by Gasteiger charge is 2.14. The molecule has 0 atom stereocenters. The molecule has 0 radical (unpaired) electrons. The van der Waals surface area contributed by atoms with Gasteiger partial charge in [-0.25, -0.2) is 14.5 Å². The number of hydrogen-bond acceptors (Lipinski definition) is 8. The maximum atomic E-state index is 12.3. The third-order valence-corrected chi connectivity index (χ3v) is 3.73. The van der Waals surface area contributed by atoms with E-state index in [4.69, 9.17) is 0 Å². The van der Waals surface area contributed by atoms with Crippen LogP contribution in [0, 0.1) is 0 Å². The first-order valence-corrected chi connectivity index (χ1v) is 7.18. The van der Waals surface area contributed by atoms with E-state index in [1.165, 1.54) is 24.3 Å². The number of tetrazole rings is 1. The van der Waals surface area contributed by atoms with Gasteiger partial charge in [-0.05, 0) is 28.6 Å². The zero-order valence-corrected chi connectivity index (χ0v) is 12.6. The van der Waals surface area contributed by atoms with Crippen molar-refractivity contribution in [2.45, 2.75) is 0 Å². The second-order valence-corrected chi connectivity index (χ2v) is 5.31. The molecule has 0 spiro atoms. The molecule has 1 amide bonds. The highest BCUT2D eigenvalue weighted by Crippen LogP contribution is 2.20. The zero-order valence-electron chi connectivity index (χ0n) is 11.8. The summed E-state index contributed by atoms with van der Waals surface area (Å²) >= 11 is 1.04. The van der Waals surface area contributed by atoms with Crippen LogP contribution in [0.2, 0.25) is 0 Å². The van der Waals surface area contributed by atoms with E-state index in [1.807, 2.05) is 0 Å². The number of thiazole rings is 1. The summed E-state index contributed by atoms with van der Waals surface area (Å²) in [5.74, 6) is -0.852. The van der Waals surface area contributed by atoms with E-state index in [-0.39, 0.29) is 5.91 Å². The van der Waals surface area contributed by atoms with Crippen molar-refractivity contribution in [1.82, 2.24) is 25.2 Å². The number of aromatic nitrogens is 5. The van der Waals surface area contributed by atoms with Gasteiger partial charge in [0, 0.05) is 5.56 Å². The summed E-state index contributed by atoms with van der Waals surface area (Å²) in [5.41, 5.74) is 1.06. The summed E-state index contributed by atoms with van der Waals surface area (Å²) in [7, 11) is 1.28. The molecule has 0 saturated heterocycles. The molecule has 0 fully saturated rings. The van der Waals surface area contributed by atoms with Crippen LogP contribution in [0.5, 0.6) is 0 Å². The van der Waals surface area contributed by atoms with Gasteiger partial charge >= 0.3 is 5.97 Å². The van der Waals surface area contributed by atoms with Crippen LogP contribution >= 0.6 is 11.3 Å². The first-order chi connectivity index (χ1) is 11.2. The Labute approximate surface area is 133 Å². The number of amides is 1. The van der Waals surface area contributed by atoms with Crippen LogP contribution in [0.15, 0.2) is 36.8 Å². The van der Waals surface area contributed by atoms with E-state index >= 15 is 0 Å². The SMILES string of the molecule is COC(=O)c1cnc(NC(=O)c2cccc(-n3cnnn3)c2)s1. The fraction of sp³-hybridized carbons (Fsp3) is 0.0769. The third-order valence-electron chi connectivity index (χ3n) is 2.83. The molecular formula is C13H10N6O3S. The van der Waals surface area contributed by atoms with Crippen LogP contribution in [0.3, 0.4) is 0 Å². The van der Waals surface area contributed by atoms with Crippen LogP contribution in [-0.2, 0) is 4.74 Å². The summed E-state index contributed by atoms with van der Waals surface area (Å²) in [6.45, 7) is 0. The van der Waals surface area contributed by atoms with E-state index in [2.05, 4.69) is 30.6 Å². The number of nitrogens with one attached hydrogen (secondary N) is 1. The van der Waals surface area contributed by atoms with E-state index in [0.717, 1.165) is 11.3 Å². The molecule has 10 heteroatoms. The summed E-state index contributed by atoms with van der Waals surface area (Å²) < 4.78 is 6.03. The van der Waals surface area contributed by atoms with Gasteiger partial charge in [-0.1, -0.05) is 17.4 Å². The fourth-order valence-corrected chi connectivity index (χ4v) is 2.49. The molecule has 9 nitrogen and oxygen atoms in total. The number of rotatable bonds is 4. The van der Waals surface area contributed by atoms with E-state index in [0.29, 0.717) is 21.3 Å². The maximum Gasteiger partial charge on any atom is 0.349 e.